The zero-order valence-corrected chi connectivity index (χ0v) is 20.9. The van der Waals surface area contributed by atoms with E-state index in [1.165, 1.54) is 12.1 Å². The summed E-state index contributed by atoms with van der Waals surface area (Å²) in [6, 6.07) is 3.29. The molecule has 0 unspecified atom stereocenters. The highest BCUT2D eigenvalue weighted by molar-refractivity contribution is 5.84. The van der Waals surface area contributed by atoms with E-state index in [0.717, 1.165) is 0 Å². The third-order valence-corrected chi connectivity index (χ3v) is 5.99. The van der Waals surface area contributed by atoms with Crippen molar-refractivity contribution in [3.8, 4) is 34.4 Å². The van der Waals surface area contributed by atoms with E-state index in [1.807, 2.05) is 0 Å². The van der Waals surface area contributed by atoms with Gasteiger partial charge in [-0.05, 0) is 69.1 Å². The highest BCUT2D eigenvalue weighted by Crippen LogP contribution is 2.42. The molecule has 0 radical (unpaired) electrons. The Kier molecular flexibility index (Phi) is 8.49. The van der Waals surface area contributed by atoms with Crippen LogP contribution in [-0.2, 0) is 24.7 Å². The Morgan fingerprint density at radius 3 is 1.05 bits per heavy atom. The molecule has 0 aliphatic heterocycles. The molecule has 0 aromatic heterocycles. The van der Waals surface area contributed by atoms with Crippen molar-refractivity contribution in [1.29, 1.82) is 10.5 Å². The topological polar surface area (TPSA) is 56.3 Å². The van der Waals surface area contributed by atoms with Gasteiger partial charge in [-0.1, -0.05) is 12.1 Å². The largest absolute Gasteiger partial charge is 0.417 e. The molecule has 0 saturated carbocycles. The maximum absolute atomic E-state index is 14.0. The summed E-state index contributed by atoms with van der Waals surface area (Å²) in [5.41, 5.74) is -14.0. The van der Waals surface area contributed by atoms with Crippen LogP contribution in [0.25, 0.3) is 43.3 Å². The Morgan fingerprint density at radius 1 is 0.500 bits per heavy atom. The summed E-state index contributed by atoms with van der Waals surface area (Å²) in [6.07, 6.45) is -21.3. The molecule has 0 spiro atoms. The van der Waals surface area contributed by atoms with Gasteiger partial charge in [0.25, 0.3) is 11.4 Å². The van der Waals surface area contributed by atoms with Crippen LogP contribution in [0.1, 0.15) is 22.3 Å². The van der Waals surface area contributed by atoms with Crippen LogP contribution in [0.15, 0.2) is 48.5 Å². The summed E-state index contributed by atoms with van der Waals surface area (Å²) in [6.45, 7) is 14.5. The molecule has 0 fully saturated rings. The monoisotopic (exact) mass is 628 g/mol. The van der Waals surface area contributed by atoms with Crippen LogP contribution < -0.4 is 10.4 Å². The molecule has 44 heavy (non-hydrogen) atoms. The van der Waals surface area contributed by atoms with Crippen LogP contribution in [0.3, 0.4) is 0 Å². The van der Waals surface area contributed by atoms with Gasteiger partial charge in [0.05, 0.1) is 47.5 Å². The van der Waals surface area contributed by atoms with Gasteiger partial charge in [-0.25, -0.2) is 20.2 Å². The number of hydrogen-bond donors (Lipinski definition) is 0. The molecule has 3 rings (SSSR count). The van der Waals surface area contributed by atoms with Gasteiger partial charge >= 0.3 is 24.7 Å². The van der Waals surface area contributed by atoms with E-state index < -0.39 is 91.0 Å². The maximum Gasteiger partial charge on any atom is 0.417 e. The van der Waals surface area contributed by atoms with Gasteiger partial charge in [0.1, 0.15) is 0 Å². The smallest absolute Gasteiger partial charge is 0.226 e. The second kappa shape index (κ2) is 11.3. The molecule has 3 aromatic rings. The minimum Gasteiger partial charge on any atom is -0.226 e. The fourth-order valence-electron chi connectivity index (χ4n) is 4.11. The quantitative estimate of drug-likeness (QED) is 0.212. The van der Waals surface area contributed by atoms with E-state index in [4.69, 9.17) is 13.1 Å². The fourth-order valence-corrected chi connectivity index (χ4v) is 4.11. The molecule has 0 aliphatic carbocycles. The first-order chi connectivity index (χ1) is 20.2. The van der Waals surface area contributed by atoms with Gasteiger partial charge in [-0.15, -0.1) is 0 Å². The Labute approximate surface area is 238 Å². The number of benzene rings is 3. The van der Waals surface area contributed by atoms with E-state index in [0.29, 0.717) is 12.1 Å². The minimum absolute atomic E-state index is 0.0117. The lowest BCUT2D eigenvalue weighted by Crippen LogP contribution is -2.22. The van der Waals surface area contributed by atoms with Gasteiger partial charge in [0, 0.05) is 0 Å². The maximum atomic E-state index is 14.0. The van der Waals surface area contributed by atoms with E-state index in [2.05, 4.69) is 9.69 Å². The van der Waals surface area contributed by atoms with Crippen molar-refractivity contribution in [2.75, 3.05) is 0 Å². The van der Waals surface area contributed by atoms with E-state index in [1.54, 1.807) is 0 Å². The molecule has 224 valence electrons. The van der Waals surface area contributed by atoms with Gasteiger partial charge in [0.15, 0.2) is 0 Å². The summed E-state index contributed by atoms with van der Waals surface area (Å²) in [5, 5.41) is 17.0. The summed E-state index contributed by atoms with van der Waals surface area (Å²) in [4.78, 5) is 5.54. The van der Waals surface area contributed by atoms with Crippen molar-refractivity contribution in [2.45, 2.75) is 24.7 Å². The third-order valence-electron chi connectivity index (χ3n) is 5.99. The van der Waals surface area contributed by atoms with Crippen molar-refractivity contribution in [1.82, 2.24) is 0 Å². The van der Waals surface area contributed by atoms with E-state index >= 15 is 0 Å². The van der Waals surface area contributed by atoms with Crippen LogP contribution in [-0.4, -0.2) is 0 Å². The second-order valence-electron chi connectivity index (χ2n) is 8.60. The van der Waals surface area contributed by atoms with Crippen LogP contribution >= 0.6 is 0 Å². The highest BCUT2D eigenvalue weighted by atomic mass is 19.4. The van der Waals surface area contributed by atoms with Crippen molar-refractivity contribution in [2.24, 2.45) is 0 Å². The number of halogens is 12. The molecule has 0 atom stereocenters. The zero-order valence-electron chi connectivity index (χ0n) is 20.9. The SMILES string of the molecule is [C-]#[N+]/C(C#N)=c1/cc(-c2cc(C(F)(F)F)ccc2C(F)(F)F)/c(=C(\C#N)[N+]#[C-])cc1-c1cc(C(F)(F)F)ccc1C(F)(F)F. The van der Waals surface area contributed by atoms with Crippen molar-refractivity contribution in [3.63, 3.8) is 0 Å². The Morgan fingerprint density at radius 2 is 0.818 bits per heavy atom. The molecule has 0 bridgehead atoms. The molecule has 4 nitrogen and oxygen atoms in total. The van der Waals surface area contributed by atoms with Crippen LogP contribution in [0.5, 0.6) is 0 Å². The summed E-state index contributed by atoms with van der Waals surface area (Å²) < 4.78 is 165. The average molecular weight is 628 g/mol. The molecule has 16 heteroatoms. The lowest BCUT2D eigenvalue weighted by molar-refractivity contribution is -0.141. The third kappa shape index (κ3) is 6.45. The van der Waals surface area contributed by atoms with Gasteiger partial charge in [-0.3, -0.25) is 0 Å². The first-order valence-corrected chi connectivity index (χ1v) is 11.2. The standard InChI is InChI=1S/C28H8F12N4/c1-43-23(11-41)19-9-16(18-8-14(26(32,33)34)4-6-22(18)28(38,39)40)20(24(12-42)44-2)10-15(19)17-7-13(25(29,30)31)3-5-21(17)27(35,36)37/h3-10H/b23-19-,24-20+. The van der Waals surface area contributed by atoms with Crippen LogP contribution in [0.2, 0.25) is 0 Å². The van der Waals surface area contributed by atoms with Crippen molar-refractivity contribution in [3.05, 3.63) is 104 Å². The summed E-state index contributed by atoms with van der Waals surface area (Å²) in [7, 11) is 0. The number of nitrogens with zero attached hydrogens (tertiary/aromatic N) is 4. The molecule has 0 aliphatic rings. The lowest BCUT2D eigenvalue weighted by atomic mass is 9.89. The summed E-state index contributed by atoms with van der Waals surface area (Å²) in [5.74, 6) is 0. The molecule has 0 amide bonds. The first-order valence-electron chi connectivity index (χ1n) is 11.2. The van der Waals surface area contributed by atoms with Gasteiger partial charge in [-0.2, -0.15) is 52.7 Å². The number of hydrogen-bond acceptors (Lipinski definition) is 2. The normalized spacial score (nSPS) is 13.6. The summed E-state index contributed by atoms with van der Waals surface area (Å²) >= 11 is 0. The van der Waals surface area contributed by atoms with Crippen LogP contribution in [0.4, 0.5) is 52.7 Å². The van der Waals surface area contributed by atoms with Gasteiger partial charge < -0.3 is 0 Å². The lowest BCUT2D eigenvalue weighted by Gasteiger charge is -2.19. The Bertz CT molecular complexity index is 1780. The predicted molar refractivity (Wildman–Crippen MR) is 128 cm³/mol. The number of alkyl halides is 12. The Balaban J connectivity index is 2.80. The molecule has 0 saturated heterocycles. The zero-order chi connectivity index (χ0) is 33.4. The Hall–Kier alpha value is -5.48. The van der Waals surface area contributed by atoms with E-state index in [9.17, 15) is 63.2 Å². The molecule has 3 aromatic carbocycles. The highest BCUT2D eigenvalue weighted by Gasteiger charge is 2.39. The first kappa shape index (κ1) is 33.0. The van der Waals surface area contributed by atoms with Crippen LogP contribution in [0, 0.1) is 35.8 Å². The molecule has 0 heterocycles. The average Bonchev–Trinajstić information content (AvgIpc) is 2.92. The second-order valence-corrected chi connectivity index (χ2v) is 8.60. The van der Waals surface area contributed by atoms with Crippen molar-refractivity contribution < 1.29 is 52.7 Å². The number of rotatable bonds is 2. The predicted octanol–water partition coefficient (Wildman–Crippen LogP) is 8.20. The fraction of sp³-hybridized carbons (Fsp3) is 0.143. The van der Waals surface area contributed by atoms with E-state index in [-0.39, 0.29) is 36.4 Å². The van der Waals surface area contributed by atoms with Crippen molar-refractivity contribution >= 4 is 11.4 Å². The molecular formula is C28H8F12N4. The molecule has 0 N–H and O–H groups in total. The van der Waals surface area contributed by atoms with Gasteiger partial charge in [0.2, 0.25) is 0 Å². The molecular weight excluding hydrogens is 620 g/mol. The number of nitriles is 2. The minimum atomic E-state index is -5.40.